The minimum atomic E-state index is -0.411. The van der Waals surface area contributed by atoms with Crippen molar-refractivity contribution < 1.29 is 19.1 Å². The molecule has 0 N–H and O–H groups in total. The molecule has 1 aliphatic carbocycles. The molecule has 0 unspecified atom stereocenters. The van der Waals surface area contributed by atoms with Gasteiger partial charge in [0.05, 0.1) is 6.04 Å². The number of fused-ring (bicyclic) bond motifs is 1. The van der Waals surface area contributed by atoms with E-state index in [2.05, 4.69) is 24.3 Å². The van der Waals surface area contributed by atoms with Crippen molar-refractivity contribution in [2.75, 3.05) is 27.3 Å². The summed E-state index contributed by atoms with van der Waals surface area (Å²) in [5.74, 6) is 0.766. The molecule has 1 aromatic rings. The van der Waals surface area contributed by atoms with Gasteiger partial charge in [0, 0.05) is 33.7 Å². The third-order valence-corrected chi connectivity index (χ3v) is 7.43. The molecule has 2 saturated heterocycles. The minimum Gasteiger partial charge on any atom is -0.354 e. The number of likely N-dealkylation sites (tertiary alicyclic amines) is 2. The molecule has 2 aliphatic heterocycles. The fourth-order valence-corrected chi connectivity index (χ4v) is 5.76. The summed E-state index contributed by atoms with van der Waals surface area (Å²) < 4.78 is 10.9. The molecule has 31 heavy (non-hydrogen) atoms. The van der Waals surface area contributed by atoms with Gasteiger partial charge in [0.2, 0.25) is 11.8 Å². The van der Waals surface area contributed by atoms with E-state index in [1.807, 2.05) is 9.80 Å². The first-order valence-electron chi connectivity index (χ1n) is 11.8. The number of rotatable bonds is 7. The van der Waals surface area contributed by atoms with Crippen LogP contribution in [-0.2, 0) is 31.9 Å². The summed E-state index contributed by atoms with van der Waals surface area (Å²) in [4.78, 5) is 30.2. The number of carbonyl (C=O) groups is 2. The Kier molecular flexibility index (Phi) is 7.28. The van der Waals surface area contributed by atoms with E-state index in [1.54, 1.807) is 14.2 Å². The van der Waals surface area contributed by atoms with Crippen LogP contribution in [0.1, 0.15) is 56.1 Å². The van der Waals surface area contributed by atoms with Crippen LogP contribution in [-0.4, -0.2) is 67.3 Å². The number of hydrogen-bond acceptors (Lipinski definition) is 4. The summed E-state index contributed by atoms with van der Waals surface area (Å²) in [5, 5.41) is 0. The summed E-state index contributed by atoms with van der Waals surface area (Å²) in [5.41, 5.74) is 2.90. The van der Waals surface area contributed by atoms with E-state index < -0.39 is 6.29 Å². The first-order chi connectivity index (χ1) is 15.1. The fraction of sp³-hybridized carbons (Fsp3) is 0.680. The molecule has 0 spiro atoms. The van der Waals surface area contributed by atoms with Crippen molar-refractivity contribution in [2.45, 2.75) is 76.2 Å². The Morgan fingerprint density at radius 3 is 2.48 bits per heavy atom. The van der Waals surface area contributed by atoms with E-state index in [1.165, 1.54) is 11.1 Å². The Bertz CT molecular complexity index is 779. The molecule has 0 radical (unpaired) electrons. The number of carbonyl (C=O) groups excluding carboxylic acids is 2. The number of amides is 2. The van der Waals surface area contributed by atoms with E-state index in [9.17, 15) is 9.59 Å². The second kappa shape index (κ2) is 10.1. The molecular formula is C25H36N2O4. The Hall–Kier alpha value is -1.92. The lowest BCUT2D eigenvalue weighted by molar-refractivity contribution is -0.161. The van der Waals surface area contributed by atoms with Gasteiger partial charge in [-0.2, -0.15) is 0 Å². The molecule has 6 nitrogen and oxygen atoms in total. The molecule has 6 heteroatoms. The molecule has 0 saturated carbocycles. The maximum atomic E-state index is 13.4. The Labute approximate surface area is 185 Å². The Morgan fingerprint density at radius 2 is 1.71 bits per heavy atom. The molecule has 4 rings (SSSR count). The predicted octanol–water partition coefficient (Wildman–Crippen LogP) is 3.17. The van der Waals surface area contributed by atoms with Crippen LogP contribution in [0.25, 0.3) is 0 Å². The smallest absolute Gasteiger partial charge is 0.245 e. The summed E-state index contributed by atoms with van der Waals surface area (Å²) in [6, 6.07) is 8.27. The number of benzene rings is 1. The topological polar surface area (TPSA) is 59.1 Å². The zero-order chi connectivity index (χ0) is 21.8. The van der Waals surface area contributed by atoms with Gasteiger partial charge in [-0.05, 0) is 68.4 Å². The van der Waals surface area contributed by atoms with Gasteiger partial charge in [0.15, 0.2) is 6.29 Å². The molecule has 2 fully saturated rings. The normalized spacial score (nSPS) is 25.8. The number of ether oxygens (including phenoxy) is 2. The lowest BCUT2D eigenvalue weighted by Gasteiger charge is -2.34. The van der Waals surface area contributed by atoms with Gasteiger partial charge < -0.3 is 19.3 Å². The van der Waals surface area contributed by atoms with Crippen LogP contribution in [0.2, 0.25) is 0 Å². The third-order valence-electron chi connectivity index (χ3n) is 7.43. The van der Waals surface area contributed by atoms with Crippen LogP contribution < -0.4 is 0 Å². The lowest BCUT2D eigenvalue weighted by atomic mass is 9.81. The second-order valence-electron chi connectivity index (χ2n) is 9.24. The van der Waals surface area contributed by atoms with Crippen LogP contribution in [0.5, 0.6) is 0 Å². The molecule has 3 aliphatic rings. The van der Waals surface area contributed by atoms with Crippen LogP contribution in [0, 0.1) is 5.92 Å². The number of aryl methyl sites for hydroxylation is 1. The van der Waals surface area contributed by atoms with E-state index in [0.717, 1.165) is 51.4 Å². The van der Waals surface area contributed by atoms with Gasteiger partial charge in [-0.1, -0.05) is 24.3 Å². The second-order valence-corrected chi connectivity index (χ2v) is 9.24. The highest BCUT2D eigenvalue weighted by Gasteiger charge is 2.42. The van der Waals surface area contributed by atoms with E-state index in [4.69, 9.17) is 9.47 Å². The van der Waals surface area contributed by atoms with Gasteiger partial charge in [-0.15, -0.1) is 0 Å². The molecule has 170 valence electrons. The summed E-state index contributed by atoms with van der Waals surface area (Å²) in [6.07, 6.45) is 7.84. The molecule has 2 heterocycles. The van der Waals surface area contributed by atoms with Crippen molar-refractivity contribution in [3.05, 3.63) is 35.4 Å². The van der Waals surface area contributed by atoms with Crippen molar-refractivity contribution in [3.63, 3.8) is 0 Å². The maximum absolute atomic E-state index is 13.4. The van der Waals surface area contributed by atoms with Crippen molar-refractivity contribution >= 4 is 11.8 Å². The fourth-order valence-electron chi connectivity index (χ4n) is 5.76. The molecule has 0 bridgehead atoms. The van der Waals surface area contributed by atoms with Crippen molar-refractivity contribution in [1.29, 1.82) is 0 Å². The number of hydrogen-bond donors (Lipinski definition) is 0. The van der Waals surface area contributed by atoms with Gasteiger partial charge in [0.1, 0.15) is 6.04 Å². The van der Waals surface area contributed by atoms with Crippen molar-refractivity contribution in [1.82, 2.24) is 9.80 Å². The Morgan fingerprint density at radius 1 is 1.00 bits per heavy atom. The average Bonchev–Trinajstić information content (AvgIpc) is 3.48. The van der Waals surface area contributed by atoms with Gasteiger partial charge in [0.25, 0.3) is 0 Å². The van der Waals surface area contributed by atoms with E-state index >= 15 is 0 Å². The van der Waals surface area contributed by atoms with E-state index in [0.29, 0.717) is 25.4 Å². The monoisotopic (exact) mass is 428 g/mol. The van der Waals surface area contributed by atoms with Gasteiger partial charge >= 0.3 is 0 Å². The summed E-state index contributed by atoms with van der Waals surface area (Å²) in [7, 11) is 3.23. The molecule has 0 aromatic heterocycles. The number of methoxy groups -OCH3 is 2. The third kappa shape index (κ3) is 4.80. The first kappa shape index (κ1) is 22.3. The van der Waals surface area contributed by atoms with Gasteiger partial charge in [-0.25, -0.2) is 0 Å². The molecule has 1 aromatic carbocycles. The van der Waals surface area contributed by atoms with Crippen LogP contribution in [0.15, 0.2) is 24.3 Å². The highest BCUT2D eigenvalue weighted by Crippen LogP contribution is 2.30. The largest absolute Gasteiger partial charge is 0.354 e. The van der Waals surface area contributed by atoms with E-state index in [-0.39, 0.29) is 23.9 Å². The van der Waals surface area contributed by atoms with Crippen molar-refractivity contribution in [3.8, 4) is 0 Å². The average molecular weight is 429 g/mol. The lowest BCUT2D eigenvalue weighted by Crippen LogP contribution is -2.52. The SMILES string of the molecule is COC(OC)[C@@H]1CCCN1C(=O)[C@@H]1CCCN1C(=O)CC[C@@H]1CCc2ccccc2C1. The van der Waals surface area contributed by atoms with Crippen LogP contribution >= 0.6 is 0 Å². The molecule has 2 amide bonds. The minimum absolute atomic E-state index is 0.0673. The first-order valence-corrected chi connectivity index (χ1v) is 11.8. The maximum Gasteiger partial charge on any atom is 0.245 e. The quantitative estimate of drug-likeness (QED) is 0.626. The van der Waals surface area contributed by atoms with Crippen molar-refractivity contribution in [2.24, 2.45) is 5.92 Å². The number of nitrogens with zero attached hydrogens (tertiary/aromatic N) is 2. The van der Waals surface area contributed by atoms with Crippen LogP contribution in [0.3, 0.4) is 0 Å². The van der Waals surface area contributed by atoms with Crippen LogP contribution in [0.4, 0.5) is 0 Å². The highest BCUT2D eigenvalue weighted by molar-refractivity contribution is 5.88. The highest BCUT2D eigenvalue weighted by atomic mass is 16.7. The Balaban J connectivity index is 1.34. The predicted molar refractivity (Wildman–Crippen MR) is 118 cm³/mol. The zero-order valence-corrected chi connectivity index (χ0v) is 18.9. The summed E-state index contributed by atoms with van der Waals surface area (Å²) >= 11 is 0. The summed E-state index contributed by atoms with van der Waals surface area (Å²) in [6.45, 7) is 1.41. The zero-order valence-electron chi connectivity index (χ0n) is 18.9. The molecular weight excluding hydrogens is 392 g/mol. The van der Waals surface area contributed by atoms with Gasteiger partial charge in [-0.3, -0.25) is 9.59 Å². The standard InChI is InChI=1S/C25H36N2O4/c1-30-25(31-2)22-10-6-16-27(22)24(29)21-9-5-15-26(21)23(28)14-12-18-11-13-19-7-3-4-8-20(19)17-18/h3-4,7-8,18,21-22,25H,5-6,9-17H2,1-2H3/t18-,21-,22-/m0/s1. The molecule has 3 atom stereocenters.